The Morgan fingerprint density at radius 2 is 1.55 bits per heavy atom. The predicted octanol–water partition coefficient (Wildman–Crippen LogP) is 1.18. The minimum atomic E-state index is 0.0301. The lowest BCUT2D eigenvalue weighted by molar-refractivity contribution is 0.493. The van der Waals surface area contributed by atoms with Gasteiger partial charge in [0.1, 0.15) is 0 Å². The van der Waals surface area contributed by atoms with E-state index in [4.69, 9.17) is 0 Å². The molecule has 0 bridgehead atoms. The Labute approximate surface area is 76.2 Å². The van der Waals surface area contributed by atoms with Crippen molar-refractivity contribution in [1.82, 2.24) is 4.65 Å². The first-order valence-electron chi connectivity index (χ1n) is 4.95. The van der Waals surface area contributed by atoms with Gasteiger partial charge >= 0.3 is 0 Å². The van der Waals surface area contributed by atoms with Crippen molar-refractivity contribution in [3.63, 3.8) is 0 Å². The summed E-state index contributed by atoms with van der Waals surface area (Å²) >= 11 is 0. The summed E-state index contributed by atoms with van der Waals surface area (Å²) in [4.78, 5) is 0. The molecule has 0 aromatic carbocycles. The Morgan fingerprint density at radius 1 is 1.09 bits per heavy atom. The van der Waals surface area contributed by atoms with Crippen LogP contribution in [0.25, 0.3) is 0 Å². The van der Waals surface area contributed by atoms with Crippen molar-refractivity contribution < 1.29 is 0 Å². The SMILES string of the molecule is CCC(CC)(CC)[SiH2]N[SiH2]C. The average molecular weight is 189 g/mol. The van der Waals surface area contributed by atoms with Crippen molar-refractivity contribution in [3.8, 4) is 0 Å². The zero-order valence-corrected chi connectivity index (χ0v) is 11.4. The van der Waals surface area contributed by atoms with Gasteiger partial charge in [-0.15, -0.1) is 0 Å². The van der Waals surface area contributed by atoms with E-state index in [2.05, 4.69) is 32.0 Å². The van der Waals surface area contributed by atoms with E-state index in [1.165, 1.54) is 19.3 Å². The van der Waals surface area contributed by atoms with Crippen LogP contribution in [0.15, 0.2) is 0 Å². The first kappa shape index (κ1) is 11.4. The summed E-state index contributed by atoms with van der Waals surface area (Å²) in [6.45, 7) is 9.38. The lowest BCUT2D eigenvalue weighted by atomic mass is 9.99. The van der Waals surface area contributed by atoms with Crippen molar-refractivity contribution in [1.29, 1.82) is 0 Å². The van der Waals surface area contributed by atoms with Gasteiger partial charge < -0.3 is 4.65 Å². The molecule has 0 saturated heterocycles. The van der Waals surface area contributed by atoms with E-state index >= 15 is 0 Å². The molecule has 0 heterocycles. The van der Waals surface area contributed by atoms with Crippen LogP contribution in [0.3, 0.4) is 0 Å². The average Bonchev–Trinajstić information content (AvgIpc) is 2.08. The van der Waals surface area contributed by atoms with E-state index in [9.17, 15) is 0 Å². The molecule has 0 spiro atoms. The smallest absolute Gasteiger partial charge is 0.0907 e. The van der Waals surface area contributed by atoms with E-state index in [1.807, 2.05) is 0 Å². The summed E-state index contributed by atoms with van der Waals surface area (Å²) in [5, 5.41) is 0.739. The molecular weight excluding hydrogens is 166 g/mol. The van der Waals surface area contributed by atoms with Crippen LogP contribution in [-0.2, 0) is 0 Å². The molecule has 0 fully saturated rings. The summed E-state index contributed by atoms with van der Waals surface area (Å²) in [6.07, 6.45) is 4.15. The first-order valence-corrected chi connectivity index (χ1v) is 8.49. The molecule has 1 nitrogen and oxygen atoms in total. The fourth-order valence-corrected chi connectivity index (χ4v) is 5.39. The highest BCUT2D eigenvalue weighted by Crippen LogP contribution is 2.36. The van der Waals surface area contributed by atoms with Crippen LogP contribution in [-0.4, -0.2) is 19.4 Å². The predicted molar refractivity (Wildman–Crippen MR) is 59.7 cm³/mol. The minimum absolute atomic E-state index is 0.0301. The zero-order chi connectivity index (χ0) is 8.74. The van der Waals surface area contributed by atoms with E-state index in [0.717, 1.165) is 5.04 Å². The third-order valence-corrected chi connectivity index (χ3v) is 8.25. The molecule has 0 unspecified atom stereocenters. The molecule has 0 amide bonds. The Balaban J connectivity index is 3.84. The maximum absolute atomic E-state index is 3.72. The normalized spacial score (nSPS) is 14.2. The van der Waals surface area contributed by atoms with Crippen molar-refractivity contribution in [2.24, 2.45) is 0 Å². The molecule has 68 valence electrons. The van der Waals surface area contributed by atoms with Gasteiger partial charge in [0.05, 0.1) is 19.4 Å². The number of rotatable bonds is 6. The Kier molecular flexibility index (Phi) is 6.18. The summed E-state index contributed by atoms with van der Waals surface area (Å²) < 4.78 is 3.72. The van der Waals surface area contributed by atoms with E-state index in [1.54, 1.807) is 0 Å². The Bertz CT molecular complexity index is 83.8. The van der Waals surface area contributed by atoms with Crippen LogP contribution >= 0.6 is 0 Å². The summed E-state index contributed by atoms with van der Waals surface area (Å²) in [5.74, 6) is 0. The van der Waals surface area contributed by atoms with Gasteiger partial charge in [-0.3, -0.25) is 0 Å². The van der Waals surface area contributed by atoms with Crippen molar-refractivity contribution in [2.45, 2.75) is 51.6 Å². The molecule has 3 heteroatoms. The lowest BCUT2D eigenvalue weighted by Crippen LogP contribution is -2.33. The third kappa shape index (κ3) is 3.53. The molecule has 1 N–H and O–H groups in total. The van der Waals surface area contributed by atoms with Gasteiger partial charge in [-0.25, -0.2) is 0 Å². The zero-order valence-electron chi connectivity index (χ0n) is 8.54. The molecule has 0 saturated carbocycles. The fraction of sp³-hybridized carbons (Fsp3) is 1.00. The van der Waals surface area contributed by atoms with Crippen LogP contribution in [0, 0.1) is 0 Å². The molecule has 0 atom stereocenters. The monoisotopic (exact) mass is 189 g/mol. The Hall–Kier alpha value is 0.394. The van der Waals surface area contributed by atoms with Crippen LogP contribution in [0.5, 0.6) is 0 Å². The van der Waals surface area contributed by atoms with Crippen LogP contribution < -0.4 is 4.65 Å². The molecule has 0 aromatic heterocycles. The van der Waals surface area contributed by atoms with E-state index in [-0.39, 0.29) is 19.4 Å². The highest BCUT2D eigenvalue weighted by atomic mass is 28.3. The summed E-state index contributed by atoms with van der Waals surface area (Å²) in [6, 6.07) is 0. The van der Waals surface area contributed by atoms with E-state index in [0.29, 0.717) is 0 Å². The maximum atomic E-state index is 3.72. The van der Waals surface area contributed by atoms with E-state index < -0.39 is 0 Å². The molecule has 0 aliphatic rings. The topological polar surface area (TPSA) is 12.0 Å². The second-order valence-electron chi connectivity index (χ2n) is 3.34. The van der Waals surface area contributed by atoms with Gasteiger partial charge in [0.25, 0.3) is 0 Å². The van der Waals surface area contributed by atoms with Crippen molar-refractivity contribution in [2.75, 3.05) is 0 Å². The molecule has 11 heavy (non-hydrogen) atoms. The Morgan fingerprint density at radius 3 is 1.82 bits per heavy atom. The first-order chi connectivity index (χ1) is 5.24. The van der Waals surface area contributed by atoms with Gasteiger partial charge in [-0.05, 0) is 5.04 Å². The van der Waals surface area contributed by atoms with Gasteiger partial charge in [0.2, 0.25) is 0 Å². The molecule has 0 aliphatic heterocycles. The molecule has 0 radical (unpaired) electrons. The van der Waals surface area contributed by atoms with Crippen LogP contribution in [0.4, 0.5) is 0 Å². The van der Waals surface area contributed by atoms with Crippen LogP contribution in [0.1, 0.15) is 40.0 Å². The number of hydrogen-bond acceptors (Lipinski definition) is 1. The number of hydrogen-bond donors (Lipinski definition) is 1. The second kappa shape index (κ2) is 5.97. The minimum Gasteiger partial charge on any atom is -0.369 e. The van der Waals surface area contributed by atoms with Gasteiger partial charge in [0, 0.05) is 0 Å². The van der Waals surface area contributed by atoms with Gasteiger partial charge in [0.15, 0.2) is 0 Å². The quantitative estimate of drug-likeness (QED) is 0.619. The van der Waals surface area contributed by atoms with Crippen LogP contribution in [0.2, 0.25) is 11.6 Å². The highest BCUT2D eigenvalue weighted by Gasteiger charge is 2.23. The standard InChI is InChI=1S/C8H23NSi2/c1-5-8(6-2,7-3)11-9-10-4/h9H,5-7,10-11H2,1-4H3. The maximum Gasteiger partial charge on any atom is 0.0907 e. The molecule has 0 aliphatic carbocycles. The lowest BCUT2D eigenvalue weighted by Gasteiger charge is -2.29. The van der Waals surface area contributed by atoms with Gasteiger partial charge in [-0.1, -0.05) is 46.6 Å². The molecule has 0 aromatic rings. The summed E-state index contributed by atoms with van der Waals surface area (Å²) in [5.41, 5.74) is 0. The molecular formula is C8H23NSi2. The second-order valence-corrected chi connectivity index (χ2v) is 7.90. The third-order valence-electron chi connectivity index (χ3n) is 3.00. The van der Waals surface area contributed by atoms with Crippen molar-refractivity contribution >= 4 is 19.4 Å². The fourth-order valence-electron chi connectivity index (χ4n) is 1.52. The summed E-state index contributed by atoms with van der Waals surface area (Å²) in [7, 11) is 0.148. The van der Waals surface area contributed by atoms with Crippen molar-refractivity contribution in [3.05, 3.63) is 0 Å². The molecule has 0 rings (SSSR count). The van der Waals surface area contributed by atoms with Gasteiger partial charge in [-0.2, -0.15) is 0 Å². The number of nitrogens with one attached hydrogen (secondary N) is 1. The largest absolute Gasteiger partial charge is 0.369 e. The highest BCUT2D eigenvalue weighted by molar-refractivity contribution is 6.52.